The molecule has 0 saturated carbocycles. The molecule has 0 radical (unpaired) electrons. The minimum absolute atomic E-state index is 0.449. The van der Waals surface area contributed by atoms with Crippen molar-refractivity contribution in [1.29, 1.82) is 0 Å². The van der Waals surface area contributed by atoms with Crippen molar-refractivity contribution >= 4 is 0 Å². The fourth-order valence-corrected chi connectivity index (χ4v) is 2.02. The van der Waals surface area contributed by atoms with E-state index in [0.29, 0.717) is 6.04 Å². The lowest BCUT2D eigenvalue weighted by Gasteiger charge is -2.29. The van der Waals surface area contributed by atoms with Gasteiger partial charge in [0.2, 0.25) is 0 Å². The minimum atomic E-state index is 0.449. The van der Waals surface area contributed by atoms with Gasteiger partial charge in [0.15, 0.2) is 0 Å². The van der Waals surface area contributed by atoms with Crippen molar-refractivity contribution in [1.82, 2.24) is 15.4 Å². The van der Waals surface area contributed by atoms with Crippen LogP contribution in [0.4, 0.5) is 0 Å². The predicted molar refractivity (Wildman–Crippen MR) is 64.8 cm³/mol. The second-order valence-corrected chi connectivity index (χ2v) is 4.62. The number of nitrogens with one attached hydrogen (secondary N) is 1. The Bertz CT molecular complexity index is 334. The Balaban J connectivity index is 1.68. The zero-order valence-electron chi connectivity index (χ0n) is 10.6. The summed E-state index contributed by atoms with van der Waals surface area (Å²) in [6.45, 7) is 9.72. The van der Waals surface area contributed by atoms with Crippen LogP contribution in [-0.2, 0) is 11.3 Å². The lowest BCUT2D eigenvalue weighted by molar-refractivity contribution is 0.0343. The third-order valence-electron chi connectivity index (χ3n) is 2.94. The molecule has 5 heteroatoms. The maximum absolute atomic E-state index is 5.33. The van der Waals surface area contributed by atoms with Gasteiger partial charge in [-0.3, -0.25) is 4.90 Å². The van der Waals surface area contributed by atoms with Gasteiger partial charge in [0.25, 0.3) is 0 Å². The van der Waals surface area contributed by atoms with E-state index in [2.05, 4.69) is 22.3 Å². The number of hydrogen-bond acceptors (Lipinski definition) is 5. The van der Waals surface area contributed by atoms with Gasteiger partial charge in [-0.15, -0.1) is 0 Å². The maximum Gasteiger partial charge on any atom is 0.133 e. The molecular formula is C12H21N3O2. The molecule has 0 amide bonds. The molecule has 17 heavy (non-hydrogen) atoms. The first-order valence-electron chi connectivity index (χ1n) is 6.20. The van der Waals surface area contributed by atoms with Crippen LogP contribution in [0.3, 0.4) is 0 Å². The summed E-state index contributed by atoms with van der Waals surface area (Å²) in [7, 11) is 0. The molecule has 5 nitrogen and oxygen atoms in total. The van der Waals surface area contributed by atoms with Crippen LogP contribution in [0.2, 0.25) is 0 Å². The third-order valence-corrected chi connectivity index (χ3v) is 2.94. The van der Waals surface area contributed by atoms with E-state index in [9.17, 15) is 0 Å². The SMILES string of the molecule is Cc1cc(CNC(C)CN2CCOCC2)no1. The Kier molecular flexibility index (Phi) is 4.53. The van der Waals surface area contributed by atoms with Gasteiger partial charge in [0.05, 0.1) is 18.9 Å². The van der Waals surface area contributed by atoms with Crippen LogP contribution in [0.1, 0.15) is 18.4 Å². The van der Waals surface area contributed by atoms with Crippen molar-refractivity contribution in [3.8, 4) is 0 Å². The highest BCUT2D eigenvalue weighted by molar-refractivity contribution is 5.03. The van der Waals surface area contributed by atoms with Crippen molar-refractivity contribution in [2.75, 3.05) is 32.8 Å². The van der Waals surface area contributed by atoms with Crippen molar-refractivity contribution in [3.05, 3.63) is 17.5 Å². The first-order chi connectivity index (χ1) is 8.24. The van der Waals surface area contributed by atoms with Gasteiger partial charge in [0.1, 0.15) is 5.76 Å². The maximum atomic E-state index is 5.33. The van der Waals surface area contributed by atoms with Crippen LogP contribution in [0.25, 0.3) is 0 Å². The molecular weight excluding hydrogens is 218 g/mol. The number of aromatic nitrogens is 1. The Morgan fingerprint density at radius 2 is 2.24 bits per heavy atom. The molecule has 0 spiro atoms. The lowest BCUT2D eigenvalue weighted by atomic mass is 10.2. The van der Waals surface area contributed by atoms with Crippen LogP contribution in [0.5, 0.6) is 0 Å². The van der Waals surface area contributed by atoms with Crippen LogP contribution < -0.4 is 5.32 Å². The average molecular weight is 239 g/mol. The molecule has 0 aromatic carbocycles. The van der Waals surface area contributed by atoms with Crippen LogP contribution >= 0.6 is 0 Å². The number of hydrogen-bond donors (Lipinski definition) is 1. The summed E-state index contributed by atoms with van der Waals surface area (Å²) in [5.41, 5.74) is 0.969. The second-order valence-electron chi connectivity index (χ2n) is 4.62. The smallest absolute Gasteiger partial charge is 0.133 e. The van der Waals surface area contributed by atoms with E-state index >= 15 is 0 Å². The number of rotatable bonds is 5. The Morgan fingerprint density at radius 1 is 1.47 bits per heavy atom. The van der Waals surface area contributed by atoms with E-state index < -0.39 is 0 Å². The molecule has 1 aliphatic rings. The predicted octanol–water partition coefficient (Wildman–Crippen LogP) is 0.793. The van der Waals surface area contributed by atoms with Crippen molar-refractivity contribution in [3.63, 3.8) is 0 Å². The van der Waals surface area contributed by atoms with Gasteiger partial charge in [0, 0.05) is 38.3 Å². The first-order valence-corrected chi connectivity index (χ1v) is 6.20. The minimum Gasteiger partial charge on any atom is -0.379 e. The van der Waals surface area contributed by atoms with E-state index in [1.807, 2.05) is 13.0 Å². The monoisotopic (exact) mass is 239 g/mol. The summed E-state index contributed by atoms with van der Waals surface area (Å²) in [6, 6.07) is 2.42. The highest BCUT2D eigenvalue weighted by Crippen LogP contribution is 2.02. The molecule has 1 saturated heterocycles. The number of aryl methyl sites for hydroxylation is 1. The van der Waals surface area contributed by atoms with Gasteiger partial charge in [-0.05, 0) is 13.8 Å². The highest BCUT2D eigenvalue weighted by Gasteiger charge is 2.13. The largest absolute Gasteiger partial charge is 0.379 e. The highest BCUT2D eigenvalue weighted by atomic mass is 16.5. The number of nitrogens with zero attached hydrogens (tertiary/aromatic N) is 2. The van der Waals surface area contributed by atoms with E-state index in [1.54, 1.807) is 0 Å². The van der Waals surface area contributed by atoms with Gasteiger partial charge >= 0.3 is 0 Å². The van der Waals surface area contributed by atoms with Gasteiger partial charge in [-0.25, -0.2) is 0 Å². The van der Waals surface area contributed by atoms with E-state index in [1.165, 1.54) is 0 Å². The fraction of sp³-hybridized carbons (Fsp3) is 0.750. The molecule has 2 rings (SSSR count). The quantitative estimate of drug-likeness (QED) is 0.823. The van der Waals surface area contributed by atoms with E-state index in [-0.39, 0.29) is 0 Å². The van der Waals surface area contributed by atoms with Gasteiger partial charge in [-0.2, -0.15) is 0 Å². The van der Waals surface area contributed by atoms with Crippen molar-refractivity contribution < 1.29 is 9.26 Å². The second kappa shape index (κ2) is 6.14. The summed E-state index contributed by atoms with van der Waals surface area (Å²) in [6.07, 6.45) is 0. The number of ether oxygens (including phenoxy) is 1. The van der Waals surface area contributed by atoms with E-state index in [4.69, 9.17) is 9.26 Å². The van der Waals surface area contributed by atoms with Crippen molar-refractivity contribution in [2.45, 2.75) is 26.4 Å². The van der Waals surface area contributed by atoms with Crippen LogP contribution in [-0.4, -0.2) is 48.9 Å². The molecule has 0 aliphatic carbocycles. The summed E-state index contributed by atoms with van der Waals surface area (Å²) in [5, 5.41) is 7.42. The normalized spacial score (nSPS) is 19.4. The number of morpholine rings is 1. The van der Waals surface area contributed by atoms with Gasteiger partial charge in [-0.1, -0.05) is 5.16 Å². The van der Waals surface area contributed by atoms with Crippen molar-refractivity contribution in [2.24, 2.45) is 0 Å². The molecule has 2 heterocycles. The van der Waals surface area contributed by atoms with Crippen LogP contribution in [0.15, 0.2) is 10.6 Å². The summed E-state index contributed by atoms with van der Waals surface area (Å²) >= 11 is 0. The Labute approximate surface area is 102 Å². The zero-order valence-corrected chi connectivity index (χ0v) is 10.6. The molecule has 1 atom stereocenters. The molecule has 1 aromatic heterocycles. The topological polar surface area (TPSA) is 50.5 Å². The summed E-state index contributed by atoms with van der Waals surface area (Å²) in [4.78, 5) is 2.43. The lowest BCUT2D eigenvalue weighted by Crippen LogP contribution is -2.44. The molecule has 1 unspecified atom stereocenters. The Morgan fingerprint density at radius 3 is 2.88 bits per heavy atom. The van der Waals surface area contributed by atoms with E-state index in [0.717, 1.165) is 50.8 Å². The molecule has 96 valence electrons. The molecule has 1 aromatic rings. The zero-order chi connectivity index (χ0) is 12.1. The fourth-order valence-electron chi connectivity index (χ4n) is 2.02. The van der Waals surface area contributed by atoms with Gasteiger partial charge < -0.3 is 14.6 Å². The molecule has 1 fully saturated rings. The standard InChI is InChI=1S/C12H21N3O2/c1-10(9-15-3-5-16-6-4-15)13-8-12-7-11(2)17-14-12/h7,10,13H,3-6,8-9H2,1-2H3. The first kappa shape index (κ1) is 12.5. The van der Waals surface area contributed by atoms with Crippen LogP contribution in [0, 0.1) is 6.92 Å². The Hall–Kier alpha value is -0.910. The molecule has 1 N–H and O–H groups in total. The third kappa shape index (κ3) is 4.11. The average Bonchev–Trinajstić information content (AvgIpc) is 2.74. The summed E-state index contributed by atoms with van der Waals surface area (Å²) in [5.74, 6) is 0.864. The molecule has 0 bridgehead atoms. The summed E-state index contributed by atoms with van der Waals surface area (Å²) < 4.78 is 10.4. The molecule has 1 aliphatic heterocycles.